The summed E-state index contributed by atoms with van der Waals surface area (Å²) in [5, 5.41) is -5.79. The van der Waals surface area contributed by atoms with E-state index in [0.717, 1.165) is 6.92 Å². The molecule has 2 atom stereocenters. The summed E-state index contributed by atoms with van der Waals surface area (Å²) in [5.74, 6) is 0. The molecule has 11 heteroatoms. The van der Waals surface area contributed by atoms with E-state index >= 15 is 0 Å². The van der Waals surface area contributed by atoms with Crippen molar-refractivity contribution in [2.24, 2.45) is 0 Å². The van der Waals surface area contributed by atoms with Crippen LogP contribution in [0.2, 0.25) is 0 Å². The van der Waals surface area contributed by atoms with Gasteiger partial charge in [-0.2, -0.15) is 26.3 Å². The standard InChI is InChI=1S/C6H5BrClF6NO2/c1-2-16-4(8,10)6(13,14)15-5(11,12)3(7,9)17-15/h2H2,1H3. The zero-order valence-corrected chi connectivity index (χ0v) is 10.3. The first-order valence-electron chi connectivity index (χ1n) is 4.05. The lowest BCUT2D eigenvalue weighted by Gasteiger charge is -2.50. The molecule has 0 saturated carbocycles. The van der Waals surface area contributed by atoms with E-state index in [-0.39, 0.29) is 0 Å². The molecule has 0 radical (unpaired) electrons. The van der Waals surface area contributed by atoms with Crippen LogP contribution in [0.25, 0.3) is 0 Å². The van der Waals surface area contributed by atoms with Gasteiger partial charge < -0.3 is 4.74 Å². The molecule has 0 amide bonds. The van der Waals surface area contributed by atoms with E-state index in [1.54, 1.807) is 15.9 Å². The van der Waals surface area contributed by atoms with E-state index in [2.05, 4.69) is 21.2 Å². The van der Waals surface area contributed by atoms with Crippen LogP contribution in [0.1, 0.15) is 6.92 Å². The van der Waals surface area contributed by atoms with E-state index in [4.69, 9.17) is 0 Å². The van der Waals surface area contributed by atoms with Crippen molar-refractivity contribution < 1.29 is 35.9 Å². The molecule has 1 heterocycles. The van der Waals surface area contributed by atoms with E-state index < -0.39 is 33.8 Å². The number of alkyl halides is 8. The van der Waals surface area contributed by atoms with E-state index in [9.17, 15) is 26.3 Å². The third kappa shape index (κ3) is 2.14. The molecule has 0 aromatic carbocycles. The molecule has 0 bridgehead atoms. The Morgan fingerprint density at radius 2 is 1.82 bits per heavy atom. The van der Waals surface area contributed by atoms with Gasteiger partial charge in [-0.15, -0.1) is 0 Å². The molecular formula is C6H5BrClF6NO2. The van der Waals surface area contributed by atoms with E-state index in [0.29, 0.717) is 0 Å². The first-order chi connectivity index (χ1) is 7.40. The molecule has 0 aromatic rings. The van der Waals surface area contributed by atoms with Crippen LogP contribution in [0, 0.1) is 0 Å². The minimum Gasteiger partial charge on any atom is -0.328 e. The average Bonchev–Trinajstić information content (AvgIpc) is 2.13. The summed E-state index contributed by atoms with van der Waals surface area (Å²) in [7, 11) is 0. The van der Waals surface area contributed by atoms with Gasteiger partial charge in [0.05, 0.1) is 0 Å². The smallest absolute Gasteiger partial charge is 0.328 e. The Kier molecular flexibility index (Phi) is 3.70. The van der Waals surface area contributed by atoms with E-state index in [1.165, 1.54) is 0 Å². The molecule has 0 aromatic heterocycles. The zero-order valence-electron chi connectivity index (χ0n) is 7.99. The second kappa shape index (κ2) is 4.12. The number of rotatable bonds is 4. The van der Waals surface area contributed by atoms with Crippen LogP contribution in [-0.2, 0) is 9.57 Å². The Balaban J connectivity index is 2.95. The van der Waals surface area contributed by atoms with Crippen LogP contribution in [0.4, 0.5) is 26.3 Å². The molecule has 0 spiro atoms. The van der Waals surface area contributed by atoms with Gasteiger partial charge in [-0.3, -0.25) is 0 Å². The van der Waals surface area contributed by atoms with Crippen molar-refractivity contribution in [3.63, 3.8) is 0 Å². The highest BCUT2D eigenvalue weighted by molar-refractivity contribution is 9.10. The Hall–Kier alpha value is 0.230. The monoisotopic (exact) mass is 351 g/mol. The molecule has 1 aliphatic rings. The highest BCUT2D eigenvalue weighted by Gasteiger charge is 2.82. The summed E-state index contributed by atoms with van der Waals surface area (Å²) in [6.07, 6.45) is 0. The van der Waals surface area contributed by atoms with Gasteiger partial charge >= 0.3 is 22.2 Å². The Morgan fingerprint density at radius 1 is 1.35 bits per heavy atom. The fraction of sp³-hybridized carbons (Fsp3) is 1.00. The van der Waals surface area contributed by atoms with Crippen LogP contribution in [0.15, 0.2) is 0 Å². The SMILES string of the molecule is CCOC(F)(Cl)C(F)(F)N1OC(F)(Br)C1(F)F. The van der Waals surface area contributed by atoms with Crippen molar-refractivity contribution in [1.29, 1.82) is 0 Å². The fourth-order valence-corrected chi connectivity index (χ4v) is 1.42. The number of hydrogen-bond donors (Lipinski definition) is 0. The maximum atomic E-state index is 13.2. The van der Waals surface area contributed by atoms with Gasteiger partial charge in [-0.1, -0.05) is 0 Å². The van der Waals surface area contributed by atoms with Crippen molar-refractivity contribution >= 4 is 27.5 Å². The predicted octanol–water partition coefficient (Wildman–Crippen LogP) is 3.34. The Bertz CT molecular complexity index is 315. The van der Waals surface area contributed by atoms with Crippen molar-refractivity contribution in [1.82, 2.24) is 5.06 Å². The largest absolute Gasteiger partial charge is 0.404 e. The lowest BCUT2D eigenvalue weighted by molar-refractivity contribution is -0.585. The number of hydroxylamine groups is 2. The average molecular weight is 352 g/mol. The normalized spacial score (nSPS) is 33.0. The fourth-order valence-electron chi connectivity index (χ4n) is 0.926. The van der Waals surface area contributed by atoms with Gasteiger partial charge in [-0.05, 0) is 39.5 Å². The van der Waals surface area contributed by atoms with Crippen LogP contribution in [-0.4, -0.2) is 33.8 Å². The van der Waals surface area contributed by atoms with Gasteiger partial charge in [0.1, 0.15) is 0 Å². The number of hydrogen-bond acceptors (Lipinski definition) is 3. The van der Waals surface area contributed by atoms with E-state index in [1.807, 2.05) is 0 Å². The third-order valence-corrected chi connectivity index (χ3v) is 2.70. The number of nitrogens with zero attached hydrogens (tertiary/aromatic N) is 1. The Morgan fingerprint density at radius 3 is 2.12 bits per heavy atom. The predicted molar refractivity (Wildman–Crippen MR) is 46.9 cm³/mol. The summed E-state index contributed by atoms with van der Waals surface area (Å²) in [5.41, 5.74) is 0. The molecule has 0 aliphatic carbocycles. The molecule has 1 fully saturated rings. The Labute approximate surface area is 105 Å². The van der Waals surface area contributed by atoms with Crippen LogP contribution < -0.4 is 0 Å². The summed E-state index contributed by atoms with van der Waals surface area (Å²) in [6.45, 7) is 0.482. The number of ether oxygens (including phenoxy) is 1. The lowest BCUT2D eigenvalue weighted by atomic mass is 10.4. The first-order valence-corrected chi connectivity index (χ1v) is 5.22. The van der Waals surface area contributed by atoms with Gasteiger partial charge in [0, 0.05) is 6.61 Å². The molecule has 2 unspecified atom stereocenters. The van der Waals surface area contributed by atoms with Crippen LogP contribution >= 0.6 is 27.5 Å². The zero-order chi connectivity index (χ0) is 13.7. The molecule has 0 N–H and O–H groups in total. The van der Waals surface area contributed by atoms with Crippen LogP contribution in [0.3, 0.4) is 0 Å². The molecule has 3 nitrogen and oxygen atoms in total. The topological polar surface area (TPSA) is 21.7 Å². The molecule has 1 aliphatic heterocycles. The van der Waals surface area contributed by atoms with Crippen LogP contribution in [0.5, 0.6) is 0 Å². The summed E-state index contributed by atoms with van der Waals surface area (Å²) >= 11 is 6.33. The summed E-state index contributed by atoms with van der Waals surface area (Å²) in [6, 6.07) is -9.92. The van der Waals surface area contributed by atoms with Gasteiger partial charge in [0.2, 0.25) is 0 Å². The second-order valence-electron chi connectivity index (χ2n) is 2.93. The van der Waals surface area contributed by atoms with Crippen molar-refractivity contribution in [3.8, 4) is 0 Å². The molecule has 102 valence electrons. The van der Waals surface area contributed by atoms with Crippen molar-refractivity contribution in [3.05, 3.63) is 0 Å². The maximum absolute atomic E-state index is 13.2. The minimum atomic E-state index is -5.10. The molecule has 17 heavy (non-hydrogen) atoms. The van der Waals surface area contributed by atoms with Crippen molar-refractivity contribution in [2.45, 2.75) is 29.1 Å². The summed E-state index contributed by atoms with van der Waals surface area (Å²) in [4.78, 5) is 3.42. The minimum absolute atomic E-state index is 0.621. The maximum Gasteiger partial charge on any atom is 0.404 e. The second-order valence-corrected chi connectivity index (χ2v) is 4.44. The van der Waals surface area contributed by atoms with Crippen molar-refractivity contribution in [2.75, 3.05) is 6.61 Å². The van der Waals surface area contributed by atoms with Gasteiger partial charge in [0.15, 0.2) is 0 Å². The van der Waals surface area contributed by atoms with Gasteiger partial charge in [0.25, 0.3) is 0 Å². The van der Waals surface area contributed by atoms with Gasteiger partial charge in [-0.25, -0.2) is 4.84 Å². The molecule has 1 rings (SSSR count). The number of halogens is 8. The lowest BCUT2D eigenvalue weighted by Crippen LogP contribution is -2.75. The highest BCUT2D eigenvalue weighted by Crippen LogP contribution is 2.58. The third-order valence-electron chi connectivity index (χ3n) is 1.74. The molecule has 1 saturated heterocycles. The molecular weight excluding hydrogens is 347 g/mol. The quantitative estimate of drug-likeness (QED) is 0.440. The summed E-state index contributed by atoms with van der Waals surface area (Å²) < 4.78 is 77.8. The highest BCUT2D eigenvalue weighted by atomic mass is 79.9. The first kappa shape index (κ1) is 15.3.